The lowest BCUT2D eigenvalue weighted by Crippen LogP contribution is -2.33. The van der Waals surface area contributed by atoms with Gasteiger partial charge in [0.2, 0.25) is 0 Å². The van der Waals surface area contributed by atoms with Gasteiger partial charge in [-0.3, -0.25) is 4.79 Å². The molecule has 4 heteroatoms. The van der Waals surface area contributed by atoms with E-state index in [-0.39, 0.29) is 5.91 Å². The zero-order chi connectivity index (χ0) is 12.1. The van der Waals surface area contributed by atoms with Crippen LogP contribution in [0.25, 0.3) is 0 Å². The molecule has 4 nitrogen and oxygen atoms in total. The van der Waals surface area contributed by atoms with Crippen LogP contribution < -0.4 is 11.0 Å². The number of para-hydroxylation sites is 1. The number of hydrogen-bond donors (Lipinski definition) is 1. The molecular formula is C13H12N2O2. The summed E-state index contributed by atoms with van der Waals surface area (Å²) >= 11 is 0. The van der Waals surface area contributed by atoms with Gasteiger partial charge in [0.1, 0.15) is 0 Å². The molecular weight excluding hydrogens is 216 g/mol. The van der Waals surface area contributed by atoms with Gasteiger partial charge >= 0.3 is 0 Å². The number of amides is 1. The second-order valence-corrected chi connectivity index (χ2v) is 3.41. The highest BCUT2D eigenvalue weighted by Gasteiger charge is 2.17. The van der Waals surface area contributed by atoms with Crippen LogP contribution in [0.15, 0.2) is 60.7 Å². The van der Waals surface area contributed by atoms with Gasteiger partial charge in [0.25, 0.3) is 5.91 Å². The van der Waals surface area contributed by atoms with Crippen molar-refractivity contribution in [1.29, 1.82) is 0 Å². The summed E-state index contributed by atoms with van der Waals surface area (Å²) < 4.78 is 0. The van der Waals surface area contributed by atoms with Crippen molar-refractivity contribution >= 4 is 11.6 Å². The summed E-state index contributed by atoms with van der Waals surface area (Å²) in [5.41, 5.74) is 1.10. The number of hydroxylamine groups is 1. The maximum Gasteiger partial charge on any atom is 0.283 e. The van der Waals surface area contributed by atoms with Crippen molar-refractivity contribution in [2.24, 2.45) is 5.90 Å². The number of hydrogen-bond acceptors (Lipinski definition) is 3. The average Bonchev–Trinajstić information content (AvgIpc) is 2.42. The monoisotopic (exact) mass is 228 g/mol. The number of anilines is 1. The third-order valence-electron chi connectivity index (χ3n) is 2.30. The van der Waals surface area contributed by atoms with Gasteiger partial charge in [-0.25, -0.2) is 0 Å². The topological polar surface area (TPSA) is 55.6 Å². The van der Waals surface area contributed by atoms with Crippen LogP contribution in [0.1, 0.15) is 10.4 Å². The molecule has 17 heavy (non-hydrogen) atoms. The third-order valence-corrected chi connectivity index (χ3v) is 2.30. The molecule has 0 heterocycles. The molecule has 0 aliphatic heterocycles. The van der Waals surface area contributed by atoms with Gasteiger partial charge in [-0.2, -0.15) is 15.9 Å². The average molecular weight is 228 g/mol. The first-order valence-corrected chi connectivity index (χ1v) is 5.14. The van der Waals surface area contributed by atoms with E-state index in [9.17, 15) is 4.79 Å². The largest absolute Gasteiger partial charge is 0.283 e. The van der Waals surface area contributed by atoms with E-state index in [2.05, 4.69) is 4.94 Å². The van der Waals surface area contributed by atoms with Gasteiger partial charge < -0.3 is 0 Å². The lowest BCUT2D eigenvalue weighted by molar-refractivity contribution is 0.0650. The first-order valence-electron chi connectivity index (χ1n) is 5.14. The third kappa shape index (κ3) is 2.50. The minimum atomic E-state index is -0.306. The quantitative estimate of drug-likeness (QED) is 0.819. The first-order chi connectivity index (χ1) is 8.33. The number of carbonyl (C=O) groups excluding carboxylic acids is 1. The van der Waals surface area contributed by atoms with Crippen molar-refractivity contribution in [3.63, 3.8) is 0 Å². The Balaban J connectivity index is 2.29. The number of nitrogens with zero attached hydrogens (tertiary/aromatic N) is 1. The highest BCUT2D eigenvalue weighted by Crippen LogP contribution is 2.15. The standard InChI is InChI=1S/C13H12N2O2/c14-17-15(12-9-5-2-6-10-12)13(16)11-7-3-1-4-8-11/h1-10H,14H2. The Morgan fingerprint density at radius 1 is 0.941 bits per heavy atom. The molecule has 1 amide bonds. The Morgan fingerprint density at radius 2 is 1.47 bits per heavy atom. The van der Waals surface area contributed by atoms with Gasteiger partial charge in [0, 0.05) is 5.56 Å². The Labute approximate surface area is 99.1 Å². The van der Waals surface area contributed by atoms with Gasteiger partial charge in [0.15, 0.2) is 0 Å². The smallest absolute Gasteiger partial charge is 0.266 e. The molecule has 2 aromatic carbocycles. The van der Waals surface area contributed by atoms with Gasteiger partial charge in [-0.15, -0.1) is 0 Å². The van der Waals surface area contributed by atoms with Crippen molar-refractivity contribution in [3.05, 3.63) is 66.2 Å². The zero-order valence-electron chi connectivity index (χ0n) is 9.11. The fourth-order valence-corrected chi connectivity index (χ4v) is 1.49. The van der Waals surface area contributed by atoms with Crippen LogP contribution in [-0.2, 0) is 4.94 Å². The SMILES string of the molecule is NON(C(=O)c1ccccc1)c1ccccc1. The Morgan fingerprint density at radius 3 is 2.00 bits per heavy atom. The van der Waals surface area contributed by atoms with Gasteiger partial charge in [0.05, 0.1) is 5.69 Å². The van der Waals surface area contributed by atoms with Crippen molar-refractivity contribution in [3.8, 4) is 0 Å². The van der Waals surface area contributed by atoms with E-state index in [1.807, 2.05) is 12.1 Å². The molecule has 0 spiro atoms. The second kappa shape index (κ2) is 5.25. The highest BCUT2D eigenvalue weighted by molar-refractivity contribution is 6.04. The Bertz CT molecular complexity index is 485. The summed E-state index contributed by atoms with van der Waals surface area (Å²) in [5.74, 6) is 4.84. The summed E-state index contributed by atoms with van der Waals surface area (Å²) in [7, 11) is 0. The molecule has 0 bridgehead atoms. The molecule has 0 saturated carbocycles. The fraction of sp³-hybridized carbons (Fsp3) is 0. The molecule has 2 rings (SSSR count). The lowest BCUT2D eigenvalue weighted by atomic mass is 10.2. The van der Waals surface area contributed by atoms with E-state index in [1.54, 1.807) is 48.5 Å². The lowest BCUT2D eigenvalue weighted by Gasteiger charge is -2.18. The minimum Gasteiger partial charge on any atom is -0.266 e. The van der Waals surface area contributed by atoms with Crippen LogP contribution in [0.3, 0.4) is 0 Å². The molecule has 0 aliphatic rings. The van der Waals surface area contributed by atoms with Crippen molar-refractivity contribution in [1.82, 2.24) is 0 Å². The number of nitrogens with two attached hydrogens (primary N) is 1. The zero-order valence-corrected chi connectivity index (χ0v) is 9.11. The molecule has 2 aromatic rings. The van der Waals surface area contributed by atoms with Gasteiger partial charge in [-0.05, 0) is 24.3 Å². The molecule has 0 radical (unpaired) electrons. The summed E-state index contributed by atoms with van der Waals surface area (Å²) in [5, 5.41) is 1.05. The maximum atomic E-state index is 12.1. The predicted octanol–water partition coefficient (Wildman–Crippen LogP) is 2.14. The van der Waals surface area contributed by atoms with Crippen LogP contribution >= 0.6 is 0 Å². The van der Waals surface area contributed by atoms with E-state index in [1.165, 1.54) is 0 Å². The highest BCUT2D eigenvalue weighted by atomic mass is 16.8. The summed E-state index contributed by atoms with van der Waals surface area (Å²) in [6.45, 7) is 0. The summed E-state index contributed by atoms with van der Waals surface area (Å²) in [6, 6.07) is 17.8. The molecule has 0 fully saturated rings. The summed E-state index contributed by atoms with van der Waals surface area (Å²) in [4.78, 5) is 16.7. The van der Waals surface area contributed by atoms with E-state index in [0.717, 1.165) is 5.06 Å². The molecule has 2 N–H and O–H groups in total. The van der Waals surface area contributed by atoms with Crippen molar-refractivity contribution < 1.29 is 9.73 Å². The minimum absolute atomic E-state index is 0.306. The van der Waals surface area contributed by atoms with Crippen LogP contribution in [-0.4, -0.2) is 5.91 Å². The maximum absolute atomic E-state index is 12.1. The number of rotatable bonds is 3. The first kappa shape index (κ1) is 11.3. The van der Waals surface area contributed by atoms with E-state index in [0.29, 0.717) is 11.3 Å². The normalized spacial score (nSPS) is 9.94. The van der Waals surface area contributed by atoms with Gasteiger partial charge in [-0.1, -0.05) is 36.4 Å². The predicted molar refractivity (Wildman–Crippen MR) is 65.0 cm³/mol. The van der Waals surface area contributed by atoms with Crippen molar-refractivity contribution in [2.75, 3.05) is 5.06 Å². The molecule has 0 aliphatic carbocycles. The number of benzene rings is 2. The summed E-state index contributed by atoms with van der Waals surface area (Å²) in [6.07, 6.45) is 0. The van der Waals surface area contributed by atoms with E-state index >= 15 is 0 Å². The molecule has 0 saturated heterocycles. The molecule has 0 atom stereocenters. The van der Waals surface area contributed by atoms with Crippen LogP contribution in [0.4, 0.5) is 5.69 Å². The molecule has 0 aromatic heterocycles. The van der Waals surface area contributed by atoms with Crippen molar-refractivity contribution in [2.45, 2.75) is 0 Å². The molecule has 0 unspecified atom stereocenters. The van der Waals surface area contributed by atoms with E-state index < -0.39 is 0 Å². The van der Waals surface area contributed by atoms with Crippen LogP contribution in [0, 0.1) is 0 Å². The second-order valence-electron chi connectivity index (χ2n) is 3.41. The van der Waals surface area contributed by atoms with Crippen LogP contribution in [0.2, 0.25) is 0 Å². The Hall–Kier alpha value is -2.17. The number of carbonyl (C=O) groups is 1. The fourth-order valence-electron chi connectivity index (χ4n) is 1.49. The van der Waals surface area contributed by atoms with Crippen LogP contribution in [0.5, 0.6) is 0 Å². The Kier molecular flexibility index (Phi) is 3.49. The molecule has 86 valence electrons. The van der Waals surface area contributed by atoms with E-state index in [4.69, 9.17) is 5.90 Å².